The lowest BCUT2D eigenvalue weighted by Gasteiger charge is -2.30. The maximum Gasteiger partial charge on any atom is 0.0375 e. The van der Waals surface area contributed by atoms with Crippen LogP contribution >= 0.6 is 0 Å². The molecule has 130 valence electrons. The van der Waals surface area contributed by atoms with Crippen LogP contribution in [0, 0.1) is 6.92 Å². The Morgan fingerprint density at radius 3 is 2.33 bits per heavy atom. The molecule has 2 aromatic carbocycles. The highest BCUT2D eigenvalue weighted by Gasteiger charge is 2.16. The van der Waals surface area contributed by atoms with E-state index in [-0.39, 0.29) is 0 Å². The van der Waals surface area contributed by atoms with Crippen LogP contribution in [0.2, 0.25) is 0 Å². The van der Waals surface area contributed by atoms with E-state index in [0.717, 1.165) is 13.1 Å². The monoisotopic (exact) mass is 324 g/mol. The van der Waals surface area contributed by atoms with Crippen LogP contribution in [0.25, 0.3) is 0 Å². The largest absolute Gasteiger partial charge is 0.383 e. The number of benzene rings is 2. The number of nitrogens with one attached hydrogen (secondary N) is 1. The van der Waals surface area contributed by atoms with Crippen LogP contribution < -0.4 is 5.32 Å². The van der Waals surface area contributed by atoms with Crippen LogP contribution in [-0.2, 0) is 6.54 Å². The second-order valence-corrected chi connectivity index (χ2v) is 7.01. The Hall–Kier alpha value is -1.80. The SMILES string of the molecule is CCCN(Cc1ccccc1)C(C)c1ccc(C)c(NC(C)C)c1. The van der Waals surface area contributed by atoms with Crippen molar-refractivity contribution in [3.8, 4) is 0 Å². The quantitative estimate of drug-likeness (QED) is 0.661. The van der Waals surface area contributed by atoms with Crippen LogP contribution in [0.15, 0.2) is 48.5 Å². The van der Waals surface area contributed by atoms with E-state index in [4.69, 9.17) is 0 Å². The molecule has 24 heavy (non-hydrogen) atoms. The molecular formula is C22H32N2. The molecule has 1 N–H and O–H groups in total. The molecule has 2 heteroatoms. The number of hydrogen-bond donors (Lipinski definition) is 1. The van der Waals surface area contributed by atoms with Gasteiger partial charge in [-0.1, -0.05) is 49.4 Å². The third-order valence-corrected chi connectivity index (χ3v) is 4.48. The van der Waals surface area contributed by atoms with Gasteiger partial charge in [0.15, 0.2) is 0 Å². The van der Waals surface area contributed by atoms with E-state index in [9.17, 15) is 0 Å². The summed E-state index contributed by atoms with van der Waals surface area (Å²) >= 11 is 0. The van der Waals surface area contributed by atoms with Crippen LogP contribution in [0.4, 0.5) is 5.69 Å². The molecule has 0 amide bonds. The molecule has 1 unspecified atom stereocenters. The lowest BCUT2D eigenvalue weighted by Crippen LogP contribution is -2.27. The van der Waals surface area contributed by atoms with E-state index >= 15 is 0 Å². The van der Waals surface area contributed by atoms with Crippen molar-refractivity contribution in [1.82, 2.24) is 4.90 Å². The molecule has 2 rings (SSSR count). The normalized spacial score (nSPS) is 12.6. The lowest BCUT2D eigenvalue weighted by molar-refractivity contribution is 0.202. The van der Waals surface area contributed by atoms with Crippen LogP contribution in [-0.4, -0.2) is 17.5 Å². The number of anilines is 1. The van der Waals surface area contributed by atoms with Gasteiger partial charge in [-0.2, -0.15) is 0 Å². The summed E-state index contributed by atoms with van der Waals surface area (Å²) in [5, 5.41) is 3.57. The molecule has 0 spiro atoms. The standard InChI is InChI=1S/C22H32N2/c1-6-14-24(16-20-10-8-7-9-11-20)19(5)21-13-12-18(4)22(15-21)23-17(2)3/h7-13,15,17,19,23H,6,14,16H2,1-5H3. The number of nitrogens with zero attached hydrogens (tertiary/aromatic N) is 1. The molecule has 0 saturated heterocycles. The maximum atomic E-state index is 3.57. The molecule has 0 aliphatic carbocycles. The highest BCUT2D eigenvalue weighted by Crippen LogP contribution is 2.27. The third kappa shape index (κ3) is 5.10. The van der Waals surface area contributed by atoms with E-state index in [1.807, 2.05) is 0 Å². The fraction of sp³-hybridized carbons (Fsp3) is 0.455. The second kappa shape index (κ2) is 8.89. The topological polar surface area (TPSA) is 15.3 Å². The first kappa shape index (κ1) is 18.5. The summed E-state index contributed by atoms with van der Waals surface area (Å²) in [6, 6.07) is 18.5. The summed E-state index contributed by atoms with van der Waals surface area (Å²) in [6.07, 6.45) is 1.17. The first-order valence-corrected chi connectivity index (χ1v) is 9.16. The number of rotatable bonds is 8. The molecule has 0 aromatic heterocycles. The first-order chi connectivity index (χ1) is 11.5. The molecule has 2 nitrogen and oxygen atoms in total. The van der Waals surface area contributed by atoms with Crippen LogP contribution in [0.5, 0.6) is 0 Å². The van der Waals surface area contributed by atoms with E-state index in [2.05, 4.69) is 93.4 Å². The molecular weight excluding hydrogens is 292 g/mol. The molecule has 2 aromatic rings. The average molecular weight is 325 g/mol. The van der Waals surface area contributed by atoms with Gasteiger partial charge in [-0.15, -0.1) is 0 Å². The zero-order chi connectivity index (χ0) is 17.5. The lowest BCUT2D eigenvalue weighted by atomic mass is 10.0. The average Bonchev–Trinajstić information content (AvgIpc) is 2.56. The van der Waals surface area contributed by atoms with Crippen molar-refractivity contribution >= 4 is 5.69 Å². The minimum atomic E-state index is 0.401. The van der Waals surface area contributed by atoms with Crippen molar-refractivity contribution < 1.29 is 0 Å². The van der Waals surface area contributed by atoms with Crippen molar-refractivity contribution in [3.63, 3.8) is 0 Å². The van der Waals surface area contributed by atoms with Gasteiger partial charge in [0.2, 0.25) is 0 Å². The Balaban J connectivity index is 2.21. The minimum absolute atomic E-state index is 0.401. The first-order valence-electron chi connectivity index (χ1n) is 9.16. The molecule has 0 fully saturated rings. The predicted molar refractivity (Wildman–Crippen MR) is 105 cm³/mol. The fourth-order valence-corrected chi connectivity index (χ4v) is 3.09. The third-order valence-electron chi connectivity index (χ3n) is 4.48. The highest BCUT2D eigenvalue weighted by atomic mass is 15.1. The molecule has 0 aliphatic heterocycles. The summed E-state index contributed by atoms with van der Waals surface area (Å²) in [4.78, 5) is 2.57. The Bertz CT molecular complexity index is 619. The van der Waals surface area contributed by atoms with E-state index in [1.165, 1.54) is 28.8 Å². The molecule has 0 heterocycles. The zero-order valence-corrected chi connectivity index (χ0v) is 15.8. The molecule has 0 bridgehead atoms. The summed E-state index contributed by atoms with van der Waals surface area (Å²) in [5.41, 5.74) is 5.33. The maximum absolute atomic E-state index is 3.57. The van der Waals surface area contributed by atoms with Crippen molar-refractivity contribution in [2.75, 3.05) is 11.9 Å². The Labute approximate surface area is 147 Å². The van der Waals surface area contributed by atoms with Gasteiger partial charge in [0.1, 0.15) is 0 Å². The molecule has 0 radical (unpaired) electrons. The van der Waals surface area contributed by atoms with Crippen molar-refractivity contribution in [2.24, 2.45) is 0 Å². The van der Waals surface area contributed by atoms with E-state index in [0.29, 0.717) is 12.1 Å². The van der Waals surface area contributed by atoms with Gasteiger partial charge >= 0.3 is 0 Å². The second-order valence-electron chi connectivity index (χ2n) is 7.01. The van der Waals surface area contributed by atoms with Gasteiger partial charge in [0, 0.05) is 24.3 Å². The summed E-state index contributed by atoms with van der Waals surface area (Å²) < 4.78 is 0. The van der Waals surface area contributed by atoms with Crippen molar-refractivity contribution in [1.29, 1.82) is 0 Å². The van der Waals surface area contributed by atoms with Crippen LogP contribution in [0.3, 0.4) is 0 Å². The molecule has 0 saturated carbocycles. The number of aryl methyl sites for hydroxylation is 1. The van der Waals surface area contributed by atoms with Gasteiger partial charge in [-0.3, -0.25) is 4.90 Å². The van der Waals surface area contributed by atoms with Gasteiger partial charge < -0.3 is 5.32 Å². The van der Waals surface area contributed by atoms with Gasteiger partial charge in [-0.25, -0.2) is 0 Å². The van der Waals surface area contributed by atoms with Crippen molar-refractivity contribution in [2.45, 2.75) is 59.7 Å². The Kier molecular flexibility index (Phi) is 6.86. The Morgan fingerprint density at radius 1 is 1.00 bits per heavy atom. The van der Waals surface area contributed by atoms with Crippen LogP contribution in [0.1, 0.15) is 56.8 Å². The summed E-state index contributed by atoms with van der Waals surface area (Å²) in [5.74, 6) is 0. The highest BCUT2D eigenvalue weighted by molar-refractivity contribution is 5.53. The van der Waals surface area contributed by atoms with Gasteiger partial charge in [0.05, 0.1) is 0 Å². The van der Waals surface area contributed by atoms with E-state index in [1.54, 1.807) is 0 Å². The number of hydrogen-bond acceptors (Lipinski definition) is 2. The van der Waals surface area contributed by atoms with Gasteiger partial charge in [0.25, 0.3) is 0 Å². The predicted octanol–water partition coefficient (Wildman–Crippen LogP) is 5.79. The smallest absolute Gasteiger partial charge is 0.0375 e. The minimum Gasteiger partial charge on any atom is -0.383 e. The fourth-order valence-electron chi connectivity index (χ4n) is 3.09. The van der Waals surface area contributed by atoms with Gasteiger partial charge in [-0.05, 0) is 63.4 Å². The van der Waals surface area contributed by atoms with E-state index < -0.39 is 0 Å². The van der Waals surface area contributed by atoms with Crippen molar-refractivity contribution in [3.05, 3.63) is 65.2 Å². The summed E-state index contributed by atoms with van der Waals surface area (Å²) in [7, 11) is 0. The summed E-state index contributed by atoms with van der Waals surface area (Å²) in [6.45, 7) is 13.2. The zero-order valence-electron chi connectivity index (χ0n) is 15.8. The Morgan fingerprint density at radius 2 is 1.71 bits per heavy atom. The molecule has 1 atom stereocenters. The molecule has 0 aliphatic rings.